The maximum Gasteiger partial charge on any atom is 0.254 e. The van der Waals surface area contributed by atoms with Gasteiger partial charge in [-0.25, -0.2) is 15.0 Å². The Morgan fingerprint density at radius 3 is 1.71 bits per heavy atom. The number of amides is 3. The lowest BCUT2D eigenvalue weighted by Gasteiger charge is -2.16. The maximum atomic E-state index is 12.1. The molecule has 0 aliphatic heterocycles. The molecular formula is C31H30Cl2N10O5. The summed E-state index contributed by atoms with van der Waals surface area (Å²) in [5.41, 5.74) is 8.98. The molecule has 17 heteroatoms. The van der Waals surface area contributed by atoms with Crippen LogP contribution in [0.1, 0.15) is 31.1 Å². The molecule has 3 amide bonds. The number of anilines is 4. The molecule has 15 nitrogen and oxygen atoms in total. The van der Waals surface area contributed by atoms with Gasteiger partial charge in [-0.05, 0) is 36.4 Å². The molecule has 2 aromatic carbocycles. The zero-order chi connectivity index (χ0) is 34.8. The molecule has 248 valence electrons. The van der Waals surface area contributed by atoms with Crippen LogP contribution >= 0.6 is 23.2 Å². The first-order chi connectivity index (χ1) is 23.1. The highest BCUT2D eigenvalue weighted by Crippen LogP contribution is 2.37. The number of aromatic nitrogens is 5. The fourth-order valence-electron chi connectivity index (χ4n) is 4.41. The van der Waals surface area contributed by atoms with E-state index in [4.69, 9.17) is 38.4 Å². The van der Waals surface area contributed by atoms with Gasteiger partial charge < -0.3 is 36.5 Å². The number of carbonyl (C=O) groups is 3. The third-order valence-electron chi connectivity index (χ3n) is 6.60. The van der Waals surface area contributed by atoms with E-state index >= 15 is 0 Å². The number of H-pyrrole nitrogens is 1. The van der Waals surface area contributed by atoms with Gasteiger partial charge in [0.1, 0.15) is 16.6 Å². The molecule has 0 radical (unpaired) electrons. The number of nitrogens with two attached hydrogens (primary N) is 1. The van der Waals surface area contributed by atoms with Crippen molar-refractivity contribution in [3.63, 3.8) is 0 Å². The van der Waals surface area contributed by atoms with E-state index in [0.717, 1.165) is 5.56 Å². The number of rotatable bonds is 10. The summed E-state index contributed by atoms with van der Waals surface area (Å²) in [7, 11) is 6.03. The second-order valence-electron chi connectivity index (χ2n) is 9.48. The van der Waals surface area contributed by atoms with Crippen LogP contribution in [0.25, 0.3) is 11.4 Å². The summed E-state index contributed by atoms with van der Waals surface area (Å²) in [4.78, 5) is 47.5. The molecule has 0 unspecified atom stereocenters. The predicted octanol–water partition coefficient (Wildman–Crippen LogP) is 4.58. The summed E-state index contributed by atoms with van der Waals surface area (Å²) in [5.74, 6) is 0.161. The average molecular weight is 694 g/mol. The quantitative estimate of drug-likeness (QED) is 0.112. The number of ether oxygens (including phenoxy) is 2. The van der Waals surface area contributed by atoms with Crippen molar-refractivity contribution in [2.45, 2.75) is 0 Å². The van der Waals surface area contributed by atoms with Gasteiger partial charge in [0.05, 0.1) is 59.2 Å². The number of carbonyl (C=O) groups excluding carboxylic acids is 3. The van der Waals surface area contributed by atoms with Crippen molar-refractivity contribution in [1.29, 1.82) is 0 Å². The number of benzene rings is 2. The second kappa shape index (κ2) is 16.1. The summed E-state index contributed by atoms with van der Waals surface area (Å²) in [6.07, 6.45) is 4.19. The fourth-order valence-corrected chi connectivity index (χ4v) is 4.73. The number of halogens is 2. The van der Waals surface area contributed by atoms with Gasteiger partial charge in [0, 0.05) is 26.5 Å². The number of nitrogens with one attached hydrogen (secondary N) is 5. The number of hydrogen-bond acceptors (Lipinski definition) is 11. The Kier molecular flexibility index (Phi) is 11.7. The second-order valence-corrected chi connectivity index (χ2v) is 10.3. The van der Waals surface area contributed by atoms with Crippen molar-refractivity contribution in [1.82, 2.24) is 35.8 Å². The Morgan fingerprint density at radius 1 is 0.729 bits per heavy atom. The molecular weight excluding hydrogens is 663 g/mol. The number of para-hydroxylation sites is 2. The topological polar surface area (TPSA) is 211 Å². The number of methoxy groups -OCH3 is 2. The molecule has 3 aromatic heterocycles. The normalized spacial score (nSPS) is 10.2. The van der Waals surface area contributed by atoms with E-state index < -0.39 is 5.91 Å². The molecule has 7 N–H and O–H groups in total. The zero-order valence-electron chi connectivity index (χ0n) is 26.0. The Bertz CT molecular complexity index is 1940. The van der Waals surface area contributed by atoms with E-state index in [1.165, 1.54) is 38.9 Å². The molecule has 5 aromatic rings. The summed E-state index contributed by atoms with van der Waals surface area (Å²) in [6.45, 7) is 0. The van der Waals surface area contributed by atoms with Gasteiger partial charge in [0.2, 0.25) is 0 Å². The van der Waals surface area contributed by atoms with Crippen molar-refractivity contribution in [2.24, 2.45) is 5.73 Å². The fraction of sp³-hybridized carbons (Fsp3) is 0.129. The lowest BCUT2D eigenvalue weighted by Crippen LogP contribution is -2.19. The lowest BCUT2D eigenvalue weighted by molar-refractivity contribution is 0.0955. The van der Waals surface area contributed by atoms with Crippen molar-refractivity contribution in [3.05, 3.63) is 94.2 Å². The molecule has 5 rings (SSSR count). The van der Waals surface area contributed by atoms with Crippen LogP contribution in [-0.2, 0) is 0 Å². The van der Waals surface area contributed by atoms with Crippen molar-refractivity contribution < 1.29 is 23.9 Å². The first kappa shape index (κ1) is 34.9. The van der Waals surface area contributed by atoms with Crippen LogP contribution in [0.4, 0.5) is 22.7 Å². The lowest BCUT2D eigenvalue weighted by atomic mass is 10.1. The highest BCUT2D eigenvalue weighted by molar-refractivity contribution is 6.30. The summed E-state index contributed by atoms with van der Waals surface area (Å²) >= 11 is 11.9. The third-order valence-corrected chi connectivity index (χ3v) is 7.01. The number of nitrogens with zero attached hydrogens (tertiary/aromatic N) is 4. The largest absolute Gasteiger partial charge is 0.494 e. The molecule has 0 aliphatic rings. The van der Waals surface area contributed by atoms with E-state index in [2.05, 4.69) is 46.4 Å². The highest BCUT2D eigenvalue weighted by atomic mass is 35.5. The molecule has 0 spiro atoms. The van der Waals surface area contributed by atoms with Crippen LogP contribution in [0.5, 0.6) is 11.5 Å². The molecule has 0 aliphatic carbocycles. The molecule has 0 bridgehead atoms. The smallest absolute Gasteiger partial charge is 0.254 e. The Morgan fingerprint density at radius 2 is 1.25 bits per heavy atom. The highest BCUT2D eigenvalue weighted by Gasteiger charge is 2.18. The van der Waals surface area contributed by atoms with E-state index in [-0.39, 0.29) is 33.4 Å². The number of aromatic amines is 1. The monoisotopic (exact) mass is 692 g/mol. The number of hydrogen-bond donors (Lipinski definition) is 6. The molecule has 0 fully saturated rings. The summed E-state index contributed by atoms with van der Waals surface area (Å²) < 4.78 is 10.8. The van der Waals surface area contributed by atoms with Gasteiger partial charge in [0.15, 0.2) is 17.3 Å². The Hall–Kier alpha value is -5.93. The van der Waals surface area contributed by atoms with Crippen molar-refractivity contribution in [2.75, 3.05) is 38.9 Å². The van der Waals surface area contributed by atoms with E-state index in [9.17, 15) is 14.4 Å². The third kappa shape index (κ3) is 8.07. The molecule has 0 saturated carbocycles. The number of pyridine rings is 2. The van der Waals surface area contributed by atoms with Crippen LogP contribution in [0.15, 0.2) is 67.3 Å². The van der Waals surface area contributed by atoms with Crippen LogP contribution in [-0.4, -0.2) is 71.2 Å². The standard InChI is InChI=1S/C16H15ClN6O2.C15H15ClN4O3/c1-18-16(24)10-7-19-13(17)6-12(10)22-11-5-3-4-9(14(11)25-2)15-20-8-21-23-15;1-18-15(22)9-7-19-12(16)6-11(9)20-10-5-3-4-8(14(17)21)13(10)23-2/h3-8H,1-2H3,(H,18,24)(H,19,22)(H,20,21,23);3-7H,1-2H3,(H2,17,21)(H,18,22)(H,19,20). The molecule has 48 heavy (non-hydrogen) atoms. The zero-order valence-corrected chi connectivity index (χ0v) is 27.5. The Balaban J connectivity index is 0.000000218. The van der Waals surface area contributed by atoms with Gasteiger partial charge >= 0.3 is 0 Å². The molecule has 0 atom stereocenters. The van der Waals surface area contributed by atoms with E-state index in [0.29, 0.717) is 45.5 Å². The first-order valence-electron chi connectivity index (χ1n) is 13.9. The maximum absolute atomic E-state index is 12.1. The SMILES string of the molecule is CNC(=O)c1cnc(Cl)cc1Nc1cccc(-c2ncn[nH]2)c1OC.CNC(=O)c1cnc(Cl)cc1Nc1cccc(C(N)=O)c1OC. The van der Waals surface area contributed by atoms with Gasteiger partial charge in [-0.15, -0.1) is 0 Å². The minimum absolute atomic E-state index is 0.213. The minimum Gasteiger partial charge on any atom is -0.494 e. The summed E-state index contributed by atoms with van der Waals surface area (Å²) in [6, 6.07) is 13.5. The summed E-state index contributed by atoms with van der Waals surface area (Å²) in [5, 5.41) is 18.4. The van der Waals surface area contributed by atoms with Gasteiger partial charge in [-0.2, -0.15) is 5.10 Å². The van der Waals surface area contributed by atoms with Gasteiger partial charge in [0.25, 0.3) is 17.7 Å². The van der Waals surface area contributed by atoms with Crippen LogP contribution < -0.4 is 36.5 Å². The van der Waals surface area contributed by atoms with E-state index in [1.54, 1.807) is 38.4 Å². The van der Waals surface area contributed by atoms with E-state index in [1.807, 2.05) is 18.2 Å². The van der Waals surface area contributed by atoms with Crippen molar-refractivity contribution >= 4 is 63.7 Å². The van der Waals surface area contributed by atoms with Crippen molar-refractivity contribution in [3.8, 4) is 22.9 Å². The van der Waals surface area contributed by atoms with Crippen LogP contribution in [0.2, 0.25) is 10.3 Å². The average Bonchev–Trinajstić information content (AvgIpc) is 3.63. The van der Waals surface area contributed by atoms with Crippen LogP contribution in [0.3, 0.4) is 0 Å². The molecule has 3 heterocycles. The minimum atomic E-state index is -0.621. The number of primary amides is 1. The molecule has 0 saturated heterocycles. The van der Waals surface area contributed by atoms with Gasteiger partial charge in [-0.1, -0.05) is 35.3 Å². The van der Waals surface area contributed by atoms with Crippen LogP contribution in [0, 0.1) is 0 Å². The van der Waals surface area contributed by atoms with Gasteiger partial charge in [-0.3, -0.25) is 19.5 Å². The first-order valence-corrected chi connectivity index (χ1v) is 14.7. The predicted molar refractivity (Wildman–Crippen MR) is 182 cm³/mol. The Labute approximate surface area is 284 Å².